The van der Waals surface area contributed by atoms with Crippen LogP contribution in [0.15, 0.2) is 128 Å². The van der Waals surface area contributed by atoms with Crippen molar-refractivity contribution in [2.45, 2.75) is 11.5 Å². The molecule has 5 aromatic carbocycles. The number of nitro groups is 2. The largest absolute Gasteiger partial charge is 0.495 e. The highest BCUT2D eigenvalue weighted by molar-refractivity contribution is 5.98. The minimum Gasteiger partial charge on any atom is -0.495 e. The van der Waals surface area contributed by atoms with E-state index in [1.54, 1.807) is 60.3 Å². The average Bonchev–Trinajstić information content (AvgIpc) is 3.47. The third-order valence-electron chi connectivity index (χ3n) is 8.82. The Labute approximate surface area is 281 Å². The molecule has 49 heavy (non-hydrogen) atoms. The normalized spacial score (nSPS) is 12.9. The molecule has 1 heterocycles. The summed E-state index contributed by atoms with van der Waals surface area (Å²) in [5.74, 6) is -0.234. The number of methoxy groups -OCH3 is 2. The van der Waals surface area contributed by atoms with Crippen molar-refractivity contribution >= 4 is 33.9 Å². The lowest BCUT2D eigenvalue weighted by Gasteiger charge is -2.40. The molecule has 6 aromatic rings. The third kappa shape index (κ3) is 5.82. The Hall–Kier alpha value is -6.49. The Bertz CT molecular complexity index is 2180. The van der Waals surface area contributed by atoms with Crippen LogP contribution in [0.1, 0.15) is 22.7 Å². The predicted octanol–water partition coefficient (Wildman–Crippen LogP) is 7.98. The second-order valence-corrected chi connectivity index (χ2v) is 11.5. The van der Waals surface area contributed by atoms with Crippen molar-refractivity contribution in [3.63, 3.8) is 0 Å². The topological polar surface area (TPSA) is 139 Å². The van der Waals surface area contributed by atoms with Gasteiger partial charge < -0.3 is 19.4 Å². The van der Waals surface area contributed by atoms with Gasteiger partial charge in [-0.15, -0.1) is 0 Å². The molecule has 0 amide bonds. The van der Waals surface area contributed by atoms with E-state index >= 15 is 0 Å². The molecule has 11 nitrogen and oxygen atoms in total. The van der Waals surface area contributed by atoms with Gasteiger partial charge in [-0.05, 0) is 40.5 Å². The maximum atomic E-state index is 14.9. The van der Waals surface area contributed by atoms with Crippen LogP contribution in [0.3, 0.4) is 0 Å². The van der Waals surface area contributed by atoms with E-state index in [9.17, 15) is 25.0 Å². The zero-order valence-corrected chi connectivity index (χ0v) is 26.9. The number of rotatable bonds is 11. The molecule has 1 aromatic heterocycles. The molecule has 6 rings (SSSR count). The molecule has 0 radical (unpaired) electrons. The zero-order chi connectivity index (χ0) is 34.7. The van der Waals surface area contributed by atoms with Crippen LogP contribution in [0.4, 0.5) is 17.1 Å². The Balaban J connectivity index is 1.75. The van der Waals surface area contributed by atoms with Crippen molar-refractivity contribution in [3.05, 3.63) is 164 Å². The second kappa shape index (κ2) is 13.3. The number of aryl methyl sites for hydroxylation is 1. The summed E-state index contributed by atoms with van der Waals surface area (Å²) in [6.07, 6.45) is 1.75. The van der Waals surface area contributed by atoms with Crippen molar-refractivity contribution in [2.24, 2.45) is 7.05 Å². The first-order chi connectivity index (χ1) is 23.7. The monoisotopic (exact) mass is 656 g/mol. The molecule has 0 saturated carbocycles. The Morgan fingerprint density at radius 3 is 2.10 bits per heavy atom. The molecule has 0 aliphatic rings. The fraction of sp³-hybridized carbons (Fsp3) is 0.132. The highest BCUT2D eigenvalue weighted by atomic mass is 16.6. The standard InChI is InChI=1S/C38H32N4O7/c1-40-24-32(31-23-30(42(46)47)20-21-34(31)40)38(37(43)49-3,28-18-16-26(17-19-28)25-10-5-4-6-11-25)36(27-12-9-13-29(22-27)41(44)45)39-33-14-7-8-15-35(33)48-2/h4-24,36,39H,1-3H3/t36-,38+/m0/s1. The summed E-state index contributed by atoms with van der Waals surface area (Å²) < 4.78 is 13.1. The van der Waals surface area contributed by atoms with Crippen LogP contribution in [0.2, 0.25) is 0 Å². The first kappa shape index (κ1) is 32.5. The highest BCUT2D eigenvalue weighted by Crippen LogP contribution is 2.50. The average molecular weight is 657 g/mol. The van der Waals surface area contributed by atoms with E-state index in [0.29, 0.717) is 39.0 Å². The summed E-state index contributed by atoms with van der Waals surface area (Å²) in [5.41, 5.74) is 2.12. The molecule has 0 saturated heterocycles. The van der Waals surface area contributed by atoms with Gasteiger partial charge in [0.15, 0.2) is 0 Å². The number of ether oxygens (including phenoxy) is 2. The van der Waals surface area contributed by atoms with Crippen LogP contribution < -0.4 is 10.1 Å². The Kier molecular flexibility index (Phi) is 8.82. The summed E-state index contributed by atoms with van der Waals surface area (Å²) in [4.78, 5) is 38.0. The fourth-order valence-electron chi connectivity index (χ4n) is 6.53. The summed E-state index contributed by atoms with van der Waals surface area (Å²) >= 11 is 0. The van der Waals surface area contributed by atoms with E-state index in [1.165, 1.54) is 38.5 Å². The number of nitrogens with one attached hydrogen (secondary N) is 1. The number of nitro benzene ring substituents is 2. The number of carbonyl (C=O) groups excluding carboxylic acids is 1. The number of anilines is 1. The summed E-state index contributed by atoms with van der Waals surface area (Å²) in [6, 6.07) is 33.7. The molecular formula is C38H32N4O7. The van der Waals surface area contributed by atoms with Crippen molar-refractivity contribution in [1.82, 2.24) is 4.57 Å². The number of hydrogen-bond acceptors (Lipinski definition) is 8. The highest BCUT2D eigenvalue weighted by Gasteiger charge is 2.53. The summed E-state index contributed by atoms with van der Waals surface area (Å²) in [5, 5.41) is 28.0. The molecule has 11 heteroatoms. The number of hydrogen-bond donors (Lipinski definition) is 1. The number of esters is 1. The molecular weight excluding hydrogens is 624 g/mol. The number of para-hydroxylation sites is 2. The number of nitrogens with zero attached hydrogens (tertiary/aromatic N) is 3. The van der Waals surface area contributed by atoms with Crippen molar-refractivity contribution in [1.29, 1.82) is 0 Å². The lowest BCUT2D eigenvalue weighted by molar-refractivity contribution is -0.385. The van der Waals surface area contributed by atoms with Crippen molar-refractivity contribution in [2.75, 3.05) is 19.5 Å². The van der Waals surface area contributed by atoms with Crippen LogP contribution in [-0.2, 0) is 22.0 Å². The van der Waals surface area contributed by atoms with Gasteiger partial charge in [-0.2, -0.15) is 0 Å². The number of carbonyl (C=O) groups is 1. The lowest BCUT2D eigenvalue weighted by atomic mass is 9.66. The molecule has 0 bridgehead atoms. The van der Waals surface area contributed by atoms with Crippen molar-refractivity contribution < 1.29 is 24.1 Å². The first-order valence-electron chi connectivity index (χ1n) is 15.3. The van der Waals surface area contributed by atoms with Gasteiger partial charge in [0.1, 0.15) is 11.2 Å². The van der Waals surface area contributed by atoms with E-state index in [4.69, 9.17) is 9.47 Å². The maximum Gasteiger partial charge on any atom is 0.323 e. The van der Waals surface area contributed by atoms with Crippen LogP contribution in [0.25, 0.3) is 22.0 Å². The molecule has 0 spiro atoms. The third-order valence-corrected chi connectivity index (χ3v) is 8.82. The summed E-state index contributed by atoms with van der Waals surface area (Å²) in [6.45, 7) is 0. The molecule has 246 valence electrons. The first-order valence-corrected chi connectivity index (χ1v) is 15.3. The minimum absolute atomic E-state index is 0.164. The Morgan fingerprint density at radius 1 is 0.776 bits per heavy atom. The number of fused-ring (bicyclic) bond motifs is 1. The number of aromatic nitrogens is 1. The van der Waals surface area contributed by atoms with Gasteiger partial charge in [0.25, 0.3) is 11.4 Å². The molecule has 1 N–H and O–H groups in total. The maximum absolute atomic E-state index is 14.9. The molecule has 0 aliphatic heterocycles. The molecule has 0 aliphatic carbocycles. The van der Waals surface area contributed by atoms with Crippen molar-refractivity contribution in [3.8, 4) is 16.9 Å². The smallest absolute Gasteiger partial charge is 0.323 e. The van der Waals surface area contributed by atoms with Gasteiger partial charge in [0.2, 0.25) is 0 Å². The Morgan fingerprint density at radius 2 is 1.43 bits per heavy atom. The van der Waals surface area contributed by atoms with Gasteiger partial charge in [-0.25, -0.2) is 0 Å². The van der Waals surface area contributed by atoms with E-state index in [2.05, 4.69) is 5.32 Å². The molecule has 0 unspecified atom stereocenters. The van der Waals surface area contributed by atoms with Gasteiger partial charge in [-0.1, -0.05) is 78.9 Å². The van der Waals surface area contributed by atoms with E-state index in [0.717, 1.165) is 11.1 Å². The van der Waals surface area contributed by atoms with Crippen LogP contribution in [-0.4, -0.2) is 34.6 Å². The predicted molar refractivity (Wildman–Crippen MR) is 187 cm³/mol. The second-order valence-electron chi connectivity index (χ2n) is 11.5. The van der Waals surface area contributed by atoms with Crippen LogP contribution >= 0.6 is 0 Å². The quantitative estimate of drug-likeness (QED) is 0.0841. The van der Waals surface area contributed by atoms with Gasteiger partial charge >= 0.3 is 5.97 Å². The minimum atomic E-state index is -1.78. The van der Waals surface area contributed by atoms with Crippen LogP contribution in [0.5, 0.6) is 5.75 Å². The van der Waals surface area contributed by atoms with Crippen LogP contribution in [0, 0.1) is 20.2 Å². The number of benzene rings is 5. The van der Waals surface area contributed by atoms with Gasteiger partial charge in [0.05, 0.1) is 35.8 Å². The van der Waals surface area contributed by atoms with Gasteiger partial charge in [-0.3, -0.25) is 25.0 Å². The summed E-state index contributed by atoms with van der Waals surface area (Å²) in [7, 11) is 4.58. The SMILES string of the molecule is COC(=O)[C@](c1ccc(-c2ccccc2)cc1)(c1cn(C)c2ccc([N+](=O)[O-])cc12)[C@@H](Nc1ccccc1OC)c1cccc([N+](=O)[O-])c1. The zero-order valence-electron chi connectivity index (χ0n) is 26.9. The fourth-order valence-corrected chi connectivity index (χ4v) is 6.53. The van der Waals surface area contributed by atoms with E-state index < -0.39 is 27.3 Å². The van der Waals surface area contributed by atoms with Gasteiger partial charge in [0, 0.05) is 54.0 Å². The molecule has 2 atom stereocenters. The molecule has 0 fully saturated rings. The van der Waals surface area contributed by atoms with E-state index in [1.807, 2.05) is 54.6 Å². The number of non-ortho nitro benzene ring substituents is 2. The lowest BCUT2D eigenvalue weighted by Crippen LogP contribution is -2.47. The van der Waals surface area contributed by atoms with E-state index in [-0.39, 0.29) is 11.4 Å².